The molecule has 0 spiro atoms. The maximum Gasteiger partial charge on any atom is 0.573 e. The van der Waals surface area contributed by atoms with Gasteiger partial charge in [0.25, 0.3) is 0 Å². The average molecular weight is 273 g/mol. The molecule has 1 aromatic carbocycles. The third-order valence-electron chi connectivity index (χ3n) is 1.88. The minimum atomic E-state index is -4.88. The molecule has 0 aliphatic rings. The zero-order valence-corrected chi connectivity index (χ0v) is 9.84. The lowest BCUT2D eigenvalue weighted by Crippen LogP contribution is -2.17. The van der Waals surface area contributed by atoms with Crippen molar-refractivity contribution in [1.29, 1.82) is 0 Å². The molecule has 102 valence electrons. The first-order valence-electron chi connectivity index (χ1n) is 5.09. The second-order valence-electron chi connectivity index (χ2n) is 3.43. The molecule has 0 bridgehead atoms. The molecule has 0 unspecified atom stereocenters. The molecular weight excluding hydrogens is 263 g/mol. The van der Waals surface area contributed by atoms with Crippen molar-refractivity contribution in [3.8, 4) is 17.6 Å². The Labute approximate surface area is 107 Å². The van der Waals surface area contributed by atoms with Crippen LogP contribution in [-0.4, -0.2) is 31.0 Å². The fourth-order valence-electron chi connectivity index (χ4n) is 1.22. The predicted octanol–water partition coefficient (Wildman–Crippen LogP) is 1.85. The first kappa shape index (κ1) is 14.9. The summed E-state index contributed by atoms with van der Waals surface area (Å²) in [6.45, 7) is 0.326. The van der Waals surface area contributed by atoms with Gasteiger partial charge in [-0.3, -0.25) is 0 Å². The molecule has 0 aliphatic carbocycles. The molecule has 0 fully saturated rings. The SMILES string of the molecule is CNCC#Cc1cc(OC(F)(F)F)cc(C(=O)O)c1. The Bertz CT molecular complexity index is 529. The zero-order valence-electron chi connectivity index (χ0n) is 9.84. The summed E-state index contributed by atoms with van der Waals surface area (Å²) in [4.78, 5) is 10.8. The molecule has 0 atom stereocenters. The van der Waals surface area contributed by atoms with Gasteiger partial charge in [0, 0.05) is 5.56 Å². The minimum Gasteiger partial charge on any atom is -0.478 e. The number of carbonyl (C=O) groups is 1. The van der Waals surface area contributed by atoms with Gasteiger partial charge in [0.05, 0.1) is 12.1 Å². The van der Waals surface area contributed by atoms with Crippen LogP contribution < -0.4 is 10.1 Å². The zero-order chi connectivity index (χ0) is 14.5. The third-order valence-corrected chi connectivity index (χ3v) is 1.88. The summed E-state index contributed by atoms with van der Waals surface area (Å²) < 4.78 is 40.0. The van der Waals surface area contributed by atoms with E-state index < -0.39 is 18.1 Å². The fourth-order valence-corrected chi connectivity index (χ4v) is 1.22. The van der Waals surface area contributed by atoms with E-state index >= 15 is 0 Å². The smallest absolute Gasteiger partial charge is 0.478 e. The van der Waals surface area contributed by atoms with Crippen LogP contribution in [0.3, 0.4) is 0 Å². The molecule has 0 heterocycles. The van der Waals surface area contributed by atoms with Crippen LogP contribution >= 0.6 is 0 Å². The van der Waals surface area contributed by atoms with Crippen LogP contribution in [-0.2, 0) is 0 Å². The van der Waals surface area contributed by atoms with Gasteiger partial charge in [0.1, 0.15) is 5.75 Å². The van der Waals surface area contributed by atoms with E-state index in [4.69, 9.17) is 5.11 Å². The molecule has 7 heteroatoms. The standard InChI is InChI=1S/C12H10F3NO3/c1-16-4-2-3-8-5-9(11(17)18)7-10(6-8)19-12(13,14)15/h5-7,16H,4H2,1H3,(H,17,18). The van der Waals surface area contributed by atoms with Crippen LogP contribution in [0.5, 0.6) is 5.75 Å². The number of hydrogen-bond donors (Lipinski definition) is 2. The summed E-state index contributed by atoms with van der Waals surface area (Å²) in [5, 5.41) is 11.5. The van der Waals surface area contributed by atoms with Gasteiger partial charge >= 0.3 is 12.3 Å². The van der Waals surface area contributed by atoms with Crippen molar-refractivity contribution < 1.29 is 27.8 Å². The Morgan fingerprint density at radius 2 is 2.11 bits per heavy atom. The topological polar surface area (TPSA) is 58.6 Å². The highest BCUT2D eigenvalue weighted by atomic mass is 19.4. The van der Waals surface area contributed by atoms with E-state index in [-0.39, 0.29) is 11.1 Å². The summed E-state index contributed by atoms with van der Waals surface area (Å²) in [6.07, 6.45) is -4.88. The second-order valence-corrected chi connectivity index (χ2v) is 3.43. The number of nitrogens with one attached hydrogen (secondary N) is 1. The number of aromatic carboxylic acids is 1. The van der Waals surface area contributed by atoms with Gasteiger partial charge < -0.3 is 15.2 Å². The minimum absolute atomic E-state index is 0.134. The Hall–Kier alpha value is -2.20. The first-order valence-corrected chi connectivity index (χ1v) is 5.09. The Morgan fingerprint density at radius 1 is 1.42 bits per heavy atom. The highest BCUT2D eigenvalue weighted by Crippen LogP contribution is 2.24. The second kappa shape index (κ2) is 6.11. The molecule has 0 aliphatic heterocycles. The highest BCUT2D eigenvalue weighted by Gasteiger charge is 2.31. The summed E-state index contributed by atoms with van der Waals surface area (Å²) in [6, 6.07) is 3.00. The maximum atomic E-state index is 12.1. The van der Waals surface area contributed by atoms with Gasteiger partial charge in [-0.05, 0) is 25.2 Å². The average Bonchev–Trinajstić information content (AvgIpc) is 2.26. The van der Waals surface area contributed by atoms with Gasteiger partial charge in [-0.25, -0.2) is 4.79 Å². The van der Waals surface area contributed by atoms with E-state index in [1.54, 1.807) is 7.05 Å². The van der Waals surface area contributed by atoms with Gasteiger partial charge in [-0.15, -0.1) is 13.2 Å². The van der Waals surface area contributed by atoms with Gasteiger partial charge in [0.2, 0.25) is 0 Å². The number of benzene rings is 1. The van der Waals surface area contributed by atoms with Gasteiger partial charge in [-0.1, -0.05) is 11.8 Å². The summed E-state index contributed by atoms with van der Waals surface area (Å²) in [5.41, 5.74) is -0.190. The quantitative estimate of drug-likeness (QED) is 0.825. The Kier molecular flexibility index (Phi) is 4.78. The monoisotopic (exact) mass is 273 g/mol. The number of hydrogen-bond acceptors (Lipinski definition) is 3. The highest BCUT2D eigenvalue weighted by molar-refractivity contribution is 5.88. The van der Waals surface area contributed by atoms with E-state index in [2.05, 4.69) is 21.9 Å². The molecule has 1 rings (SSSR count). The maximum absolute atomic E-state index is 12.1. The lowest BCUT2D eigenvalue weighted by molar-refractivity contribution is -0.274. The fraction of sp³-hybridized carbons (Fsp3) is 0.250. The lowest BCUT2D eigenvalue weighted by Gasteiger charge is -2.09. The third kappa shape index (κ3) is 5.31. The number of rotatable bonds is 3. The first-order chi connectivity index (χ1) is 8.81. The van der Waals surface area contributed by atoms with Crippen molar-refractivity contribution in [1.82, 2.24) is 5.32 Å². The van der Waals surface area contributed by atoms with E-state index in [0.717, 1.165) is 12.1 Å². The Morgan fingerprint density at radius 3 is 2.63 bits per heavy atom. The van der Waals surface area contributed by atoms with Gasteiger partial charge in [-0.2, -0.15) is 0 Å². The number of carboxylic acid groups (broad SMARTS) is 1. The van der Waals surface area contributed by atoms with E-state index in [1.807, 2.05) is 0 Å². The van der Waals surface area contributed by atoms with E-state index in [0.29, 0.717) is 6.54 Å². The van der Waals surface area contributed by atoms with Crippen molar-refractivity contribution >= 4 is 5.97 Å². The van der Waals surface area contributed by atoms with Crippen LogP contribution in [0, 0.1) is 11.8 Å². The summed E-state index contributed by atoms with van der Waals surface area (Å²) in [7, 11) is 1.65. The van der Waals surface area contributed by atoms with Crippen molar-refractivity contribution in [3.63, 3.8) is 0 Å². The molecule has 4 nitrogen and oxygen atoms in total. The van der Waals surface area contributed by atoms with Crippen molar-refractivity contribution in [2.75, 3.05) is 13.6 Å². The van der Waals surface area contributed by atoms with Crippen molar-refractivity contribution in [2.24, 2.45) is 0 Å². The Balaban J connectivity index is 3.12. The lowest BCUT2D eigenvalue weighted by atomic mass is 10.1. The number of alkyl halides is 3. The summed E-state index contributed by atoms with van der Waals surface area (Å²) >= 11 is 0. The van der Waals surface area contributed by atoms with E-state index in [1.165, 1.54) is 6.07 Å². The van der Waals surface area contributed by atoms with Crippen LogP contribution in [0.15, 0.2) is 18.2 Å². The molecule has 1 aromatic rings. The van der Waals surface area contributed by atoms with Crippen molar-refractivity contribution in [3.05, 3.63) is 29.3 Å². The molecule has 0 saturated heterocycles. The molecule has 0 amide bonds. The van der Waals surface area contributed by atoms with Gasteiger partial charge in [0.15, 0.2) is 0 Å². The molecule has 19 heavy (non-hydrogen) atoms. The molecule has 2 N–H and O–H groups in total. The predicted molar refractivity (Wildman–Crippen MR) is 60.9 cm³/mol. The normalized spacial score (nSPS) is 10.5. The largest absolute Gasteiger partial charge is 0.573 e. The van der Waals surface area contributed by atoms with Crippen molar-refractivity contribution in [2.45, 2.75) is 6.36 Å². The number of halogens is 3. The summed E-state index contributed by atoms with van der Waals surface area (Å²) in [5.74, 6) is 3.19. The van der Waals surface area contributed by atoms with Crippen LogP contribution in [0.4, 0.5) is 13.2 Å². The molecular formula is C12H10F3NO3. The van der Waals surface area contributed by atoms with E-state index in [9.17, 15) is 18.0 Å². The van der Waals surface area contributed by atoms with Crippen LogP contribution in [0.1, 0.15) is 15.9 Å². The number of ether oxygens (including phenoxy) is 1. The number of carboxylic acids is 1. The molecule has 0 saturated carbocycles. The van der Waals surface area contributed by atoms with Crippen LogP contribution in [0.25, 0.3) is 0 Å². The molecule has 0 aromatic heterocycles. The molecule has 0 radical (unpaired) electrons. The van der Waals surface area contributed by atoms with Crippen LogP contribution in [0.2, 0.25) is 0 Å².